The zero-order valence-corrected chi connectivity index (χ0v) is 20.6. The van der Waals surface area contributed by atoms with E-state index in [1.165, 1.54) is 46.9 Å². The van der Waals surface area contributed by atoms with Crippen LogP contribution in [0.25, 0.3) is 0 Å². The molecule has 4 rings (SSSR count). The number of nitrogens with two attached hydrogens (primary N) is 1. The Balaban J connectivity index is 1.49. The van der Waals surface area contributed by atoms with E-state index in [-0.39, 0.29) is 22.2 Å². The lowest BCUT2D eigenvalue weighted by Gasteiger charge is -2.49. The maximum atomic E-state index is 12.9. The molecule has 4 N–H and O–H groups in total. The first-order chi connectivity index (χ1) is 15.8. The van der Waals surface area contributed by atoms with Crippen LogP contribution in [0.2, 0.25) is 0 Å². The van der Waals surface area contributed by atoms with E-state index < -0.39 is 29.2 Å². The first kappa shape index (κ1) is 23.5. The average molecular weight is 527 g/mol. The summed E-state index contributed by atoms with van der Waals surface area (Å²) in [5.74, 6) is -1.52. The van der Waals surface area contributed by atoms with E-state index in [0.717, 1.165) is 21.4 Å². The van der Waals surface area contributed by atoms with E-state index in [1.807, 2.05) is 12.3 Å². The number of fused-ring (bicyclic) bond motifs is 1. The lowest BCUT2D eigenvalue weighted by atomic mass is 10.0. The number of oxime groups is 1. The predicted octanol–water partition coefficient (Wildman–Crippen LogP) is 1.37. The van der Waals surface area contributed by atoms with E-state index in [9.17, 15) is 19.5 Å². The van der Waals surface area contributed by atoms with E-state index in [1.54, 1.807) is 5.38 Å². The number of thiazole rings is 2. The van der Waals surface area contributed by atoms with Crippen molar-refractivity contribution in [1.82, 2.24) is 20.2 Å². The van der Waals surface area contributed by atoms with Gasteiger partial charge in [0.2, 0.25) is 0 Å². The summed E-state index contributed by atoms with van der Waals surface area (Å²) in [6.45, 7) is 1.89. The molecule has 2 amide bonds. The fourth-order valence-electron chi connectivity index (χ4n) is 3.24. The highest BCUT2D eigenvalue weighted by atomic mass is 32.2. The second-order valence-corrected chi connectivity index (χ2v) is 10.9. The van der Waals surface area contributed by atoms with Crippen molar-refractivity contribution in [1.29, 1.82) is 0 Å². The maximum Gasteiger partial charge on any atom is 0.352 e. The number of nitrogens with zero attached hydrogens (tertiary/aromatic N) is 4. The number of carbonyl (C=O) groups is 3. The van der Waals surface area contributed by atoms with Gasteiger partial charge in [0.1, 0.15) is 34.3 Å². The number of carboxylic acids is 1. The zero-order chi connectivity index (χ0) is 23.7. The third-order valence-corrected chi connectivity index (χ3v) is 8.91. The topological polar surface area (TPSA) is 160 Å². The van der Waals surface area contributed by atoms with E-state index in [2.05, 4.69) is 20.4 Å². The van der Waals surface area contributed by atoms with Crippen LogP contribution in [0, 0.1) is 6.92 Å². The molecule has 0 radical (unpaired) electrons. The number of β-lactam (4-membered cyclic amide) rings is 1. The number of nitrogen functional groups attached to an aromatic ring is 1. The molecule has 0 saturated carbocycles. The number of nitrogens with one attached hydrogen (secondary N) is 1. The minimum Gasteiger partial charge on any atom is -0.477 e. The van der Waals surface area contributed by atoms with Crippen molar-refractivity contribution in [2.45, 2.75) is 22.7 Å². The van der Waals surface area contributed by atoms with Crippen LogP contribution < -0.4 is 11.1 Å². The van der Waals surface area contributed by atoms with Crippen LogP contribution in [0.4, 0.5) is 5.13 Å². The van der Waals surface area contributed by atoms with Crippen molar-refractivity contribution in [2.75, 3.05) is 24.3 Å². The van der Waals surface area contributed by atoms with E-state index in [4.69, 9.17) is 10.6 Å². The molecular weight excluding hydrogens is 509 g/mol. The molecule has 2 aliphatic heterocycles. The first-order valence-electron chi connectivity index (χ1n) is 9.38. The Bertz CT molecular complexity index is 1170. The average Bonchev–Trinajstić information content (AvgIpc) is 3.40. The molecule has 1 fully saturated rings. The van der Waals surface area contributed by atoms with Gasteiger partial charge in [0.15, 0.2) is 10.8 Å². The largest absolute Gasteiger partial charge is 0.477 e. The molecule has 0 unspecified atom stereocenters. The molecule has 11 nitrogen and oxygen atoms in total. The molecular formula is C18H18N6O5S4. The molecule has 15 heteroatoms. The number of aliphatic carboxylic acids is 1. The first-order valence-corrected chi connectivity index (χ1v) is 13.2. The van der Waals surface area contributed by atoms with Crippen LogP contribution in [0.3, 0.4) is 0 Å². The summed E-state index contributed by atoms with van der Waals surface area (Å²) in [6.07, 6.45) is 0. The Morgan fingerprint density at radius 2 is 2.18 bits per heavy atom. The number of amides is 2. The van der Waals surface area contributed by atoms with Gasteiger partial charge in [-0.15, -0.1) is 34.4 Å². The lowest BCUT2D eigenvalue weighted by Crippen LogP contribution is -2.71. The third kappa shape index (κ3) is 4.71. The van der Waals surface area contributed by atoms with Crippen molar-refractivity contribution in [3.8, 4) is 0 Å². The zero-order valence-electron chi connectivity index (χ0n) is 17.3. The summed E-state index contributed by atoms with van der Waals surface area (Å²) < 4.78 is 0.838. The monoisotopic (exact) mass is 526 g/mol. The Labute approximate surface area is 204 Å². The van der Waals surface area contributed by atoms with Gasteiger partial charge in [0.05, 0.1) is 0 Å². The van der Waals surface area contributed by atoms with Crippen molar-refractivity contribution in [3.63, 3.8) is 0 Å². The van der Waals surface area contributed by atoms with Crippen LogP contribution in [0.15, 0.2) is 31.5 Å². The third-order valence-electron chi connectivity index (χ3n) is 4.67. The van der Waals surface area contributed by atoms with Crippen molar-refractivity contribution < 1.29 is 24.3 Å². The highest BCUT2D eigenvalue weighted by Gasteiger charge is 2.54. The van der Waals surface area contributed by atoms with Gasteiger partial charge >= 0.3 is 5.97 Å². The van der Waals surface area contributed by atoms with Crippen molar-refractivity contribution >= 4 is 74.8 Å². The molecule has 0 bridgehead atoms. The van der Waals surface area contributed by atoms with Gasteiger partial charge in [-0.25, -0.2) is 14.8 Å². The lowest BCUT2D eigenvalue weighted by molar-refractivity contribution is -0.150. The number of carbonyl (C=O) groups excluding carboxylic acids is 2. The summed E-state index contributed by atoms with van der Waals surface area (Å²) in [6, 6.07) is -0.897. The molecule has 0 aromatic carbocycles. The Kier molecular flexibility index (Phi) is 6.92. The second kappa shape index (κ2) is 9.70. The smallest absolute Gasteiger partial charge is 0.352 e. The van der Waals surface area contributed by atoms with Crippen molar-refractivity contribution in [2.24, 2.45) is 5.16 Å². The molecule has 174 valence electrons. The maximum absolute atomic E-state index is 12.9. The number of aromatic nitrogens is 2. The summed E-state index contributed by atoms with van der Waals surface area (Å²) in [5.41, 5.74) is 7.24. The molecule has 2 aromatic heterocycles. The van der Waals surface area contributed by atoms with Gasteiger partial charge in [-0.05, 0) is 12.5 Å². The number of carboxylic acid groups (broad SMARTS) is 1. The van der Waals surface area contributed by atoms with Crippen molar-refractivity contribution in [3.05, 3.63) is 33.4 Å². The molecule has 0 spiro atoms. The highest BCUT2D eigenvalue weighted by Crippen LogP contribution is 2.41. The van der Waals surface area contributed by atoms with Gasteiger partial charge in [0.25, 0.3) is 11.8 Å². The number of anilines is 1. The quantitative estimate of drug-likeness (QED) is 0.198. The van der Waals surface area contributed by atoms with Gasteiger partial charge in [-0.3, -0.25) is 14.5 Å². The summed E-state index contributed by atoms with van der Waals surface area (Å²) >= 11 is 5.46. The number of aryl methyl sites for hydroxylation is 1. The van der Waals surface area contributed by atoms with Gasteiger partial charge in [-0.1, -0.05) is 16.9 Å². The Morgan fingerprint density at radius 1 is 1.39 bits per heavy atom. The van der Waals surface area contributed by atoms with E-state index >= 15 is 0 Å². The summed E-state index contributed by atoms with van der Waals surface area (Å²) in [5, 5.41) is 19.3. The van der Waals surface area contributed by atoms with E-state index in [0.29, 0.717) is 17.1 Å². The molecule has 4 heterocycles. The Hall–Kier alpha value is -2.62. The predicted molar refractivity (Wildman–Crippen MR) is 127 cm³/mol. The molecule has 2 aliphatic rings. The number of hydrogen-bond donors (Lipinski definition) is 3. The number of thioether (sulfide) groups is 2. The van der Waals surface area contributed by atoms with Crippen LogP contribution in [-0.2, 0) is 19.2 Å². The summed E-state index contributed by atoms with van der Waals surface area (Å²) in [7, 11) is 1.28. The second-order valence-electron chi connectivity index (χ2n) is 6.86. The minimum atomic E-state index is -1.18. The molecule has 2 aromatic rings. The highest BCUT2D eigenvalue weighted by molar-refractivity contribution is 8.01. The van der Waals surface area contributed by atoms with Crippen LogP contribution in [0.5, 0.6) is 0 Å². The van der Waals surface area contributed by atoms with Gasteiger partial charge in [0, 0.05) is 28.0 Å². The standard InChI is InChI=1S/C18H18N6O5S4/c1-7-3-32-18(20-7)33-5-8-4-30-15-11(14(26)24(15)12(8)16(27)28)22-13(25)10(23-29-2)9-6-31-17(19)21-9/h3,6,11,15H,4-5H2,1-2H3,(H2,19,21)(H,22,25)(H,27,28)/b23-10-/t11-,15-/m1/s1. The fourth-order valence-corrected chi connectivity index (χ4v) is 7.13. The Morgan fingerprint density at radius 3 is 2.79 bits per heavy atom. The molecule has 0 aliphatic carbocycles. The molecule has 2 atom stereocenters. The van der Waals surface area contributed by atoms with Crippen LogP contribution in [0.1, 0.15) is 11.4 Å². The fraction of sp³-hybridized carbons (Fsp3) is 0.333. The number of rotatable bonds is 8. The summed E-state index contributed by atoms with van der Waals surface area (Å²) in [4.78, 5) is 52.0. The van der Waals surface area contributed by atoms with Crippen LogP contribution >= 0.6 is 46.2 Å². The van der Waals surface area contributed by atoms with Gasteiger partial charge in [-0.2, -0.15) is 0 Å². The SMILES string of the molecule is CO/N=C(\C(=O)N[C@@H]1C(=O)N2C(C(=O)O)=C(CSc3nc(C)cs3)CS[C@H]12)c1csc(N)n1. The molecule has 33 heavy (non-hydrogen) atoms. The normalized spacial score (nSPS) is 20.4. The number of hydrogen-bond acceptors (Lipinski definition) is 12. The minimum absolute atomic E-state index is 0.0342. The van der Waals surface area contributed by atoms with Crippen LogP contribution in [-0.4, -0.2) is 73.5 Å². The molecule has 1 saturated heterocycles. The van der Waals surface area contributed by atoms with Gasteiger partial charge < -0.3 is 21.0 Å².